The van der Waals surface area contributed by atoms with Crippen molar-refractivity contribution in [3.8, 4) is 5.75 Å². The van der Waals surface area contributed by atoms with Gasteiger partial charge in [-0.2, -0.15) is 0 Å². The molecule has 104 valence electrons. The number of nitrogens with one attached hydrogen (secondary N) is 1. The summed E-state index contributed by atoms with van der Waals surface area (Å²) in [6.45, 7) is 1.82. The van der Waals surface area contributed by atoms with E-state index >= 15 is 0 Å². The Morgan fingerprint density at radius 1 is 1.42 bits per heavy atom. The van der Waals surface area contributed by atoms with Crippen LogP contribution >= 0.6 is 0 Å². The SMILES string of the molecule is COc1ccc(C(=O)COC2CCNCC2)cc1F. The number of halogens is 1. The molecule has 0 bridgehead atoms. The number of carbonyl (C=O) groups is 1. The summed E-state index contributed by atoms with van der Waals surface area (Å²) in [6, 6.07) is 4.19. The van der Waals surface area contributed by atoms with Crippen molar-refractivity contribution in [1.29, 1.82) is 0 Å². The monoisotopic (exact) mass is 267 g/mol. The normalized spacial score (nSPS) is 16.3. The molecule has 0 aromatic heterocycles. The van der Waals surface area contributed by atoms with Gasteiger partial charge in [-0.25, -0.2) is 4.39 Å². The Balaban J connectivity index is 1.90. The van der Waals surface area contributed by atoms with Gasteiger partial charge in [0.2, 0.25) is 0 Å². The van der Waals surface area contributed by atoms with Crippen LogP contribution in [0.15, 0.2) is 18.2 Å². The Hall–Kier alpha value is -1.46. The number of methoxy groups -OCH3 is 1. The summed E-state index contributed by atoms with van der Waals surface area (Å²) in [5.74, 6) is -0.605. The minimum Gasteiger partial charge on any atom is -0.494 e. The lowest BCUT2D eigenvalue weighted by Gasteiger charge is -2.22. The van der Waals surface area contributed by atoms with E-state index < -0.39 is 5.82 Å². The fourth-order valence-electron chi connectivity index (χ4n) is 2.08. The molecule has 2 rings (SSSR count). The van der Waals surface area contributed by atoms with E-state index in [-0.39, 0.29) is 24.2 Å². The fourth-order valence-corrected chi connectivity index (χ4v) is 2.08. The maximum Gasteiger partial charge on any atom is 0.188 e. The third kappa shape index (κ3) is 3.75. The van der Waals surface area contributed by atoms with Crippen LogP contribution in [-0.2, 0) is 4.74 Å². The average Bonchev–Trinajstić information content (AvgIpc) is 2.45. The molecule has 1 saturated heterocycles. The summed E-state index contributed by atoms with van der Waals surface area (Å²) in [5, 5.41) is 3.23. The zero-order chi connectivity index (χ0) is 13.7. The molecule has 5 heteroatoms. The first-order chi connectivity index (χ1) is 9.20. The highest BCUT2D eigenvalue weighted by Crippen LogP contribution is 2.18. The van der Waals surface area contributed by atoms with Gasteiger partial charge in [0.25, 0.3) is 0 Å². The van der Waals surface area contributed by atoms with Gasteiger partial charge in [0.05, 0.1) is 13.2 Å². The minimum absolute atomic E-state index is 0.00354. The van der Waals surface area contributed by atoms with Crippen LogP contribution in [0.25, 0.3) is 0 Å². The predicted octanol–water partition coefficient (Wildman–Crippen LogP) is 1.79. The number of hydrogen-bond acceptors (Lipinski definition) is 4. The van der Waals surface area contributed by atoms with Crippen LogP contribution < -0.4 is 10.1 Å². The first kappa shape index (κ1) is 14.0. The topological polar surface area (TPSA) is 47.6 Å². The number of piperidine rings is 1. The third-order valence-corrected chi connectivity index (χ3v) is 3.21. The Kier molecular flexibility index (Phi) is 4.87. The zero-order valence-corrected chi connectivity index (χ0v) is 10.9. The summed E-state index contributed by atoms with van der Waals surface area (Å²) >= 11 is 0. The van der Waals surface area contributed by atoms with Gasteiger partial charge >= 0.3 is 0 Å². The predicted molar refractivity (Wildman–Crippen MR) is 69.1 cm³/mol. The van der Waals surface area contributed by atoms with Gasteiger partial charge in [0.15, 0.2) is 17.3 Å². The molecule has 1 fully saturated rings. The average molecular weight is 267 g/mol. The van der Waals surface area contributed by atoms with Gasteiger partial charge < -0.3 is 14.8 Å². The quantitative estimate of drug-likeness (QED) is 0.826. The fraction of sp³-hybridized carbons (Fsp3) is 0.500. The lowest BCUT2D eigenvalue weighted by Crippen LogP contribution is -2.33. The van der Waals surface area contributed by atoms with E-state index in [0.29, 0.717) is 5.56 Å². The molecule has 1 N–H and O–H groups in total. The number of carbonyl (C=O) groups excluding carboxylic acids is 1. The van der Waals surface area contributed by atoms with Gasteiger partial charge in [-0.15, -0.1) is 0 Å². The van der Waals surface area contributed by atoms with Crippen molar-refractivity contribution in [1.82, 2.24) is 5.32 Å². The molecule has 1 aliphatic rings. The first-order valence-electron chi connectivity index (χ1n) is 6.40. The summed E-state index contributed by atoms with van der Waals surface area (Å²) in [7, 11) is 1.39. The van der Waals surface area contributed by atoms with E-state index in [1.165, 1.54) is 19.2 Å². The van der Waals surface area contributed by atoms with Crippen LogP contribution in [-0.4, -0.2) is 38.7 Å². The van der Waals surface area contributed by atoms with Crippen molar-refractivity contribution in [3.63, 3.8) is 0 Å². The number of ether oxygens (including phenoxy) is 2. The highest BCUT2D eigenvalue weighted by Gasteiger charge is 2.16. The second kappa shape index (κ2) is 6.63. The molecular formula is C14H18FNO3. The standard InChI is InChI=1S/C14H18FNO3/c1-18-14-3-2-10(8-12(14)15)13(17)9-19-11-4-6-16-7-5-11/h2-3,8,11,16H,4-7,9H2,1H3. The Morgan fingerprint density at radius 3 is 2.79 bits per heavy atom. The summed E-state index contributed by atoms with van der Waals surface area (Å²) in [5.41, 5.74) is 0.312. The second-order valence-electron chi connectivity index (χ2n) is 4.53. The third-order valence-electron chi connectivity index (χ3n) is 3.21. The van der Waals surface area contributed by atoms with Gasteiger partial charge in [-0.05, 0) is 44.1 Å². The Morgan fingerprint density at radius 2 is 2.16 bits per heavy atom. The molecular weight excluding hydrogens is 249 g/mol. The van der Waals surface area contributed by atoms with Crippen LogP contribution in [0.4, 0.5) is 4.39 Å². The number of Topliss-reactive ketones (excluding diaryl/α,β-unsaturated/α-hetero) is 1. The van der Waals surface area contributed by atoms with Crippen molar-refractivity contribution in [3.05, 3.63) is 29.6 Å². The number of ketones is 1. The molecule has 0 saturated carbocycles. The number of rotatable bonds is 5. The molecule has 0 atom stereocenters. The van der Waals surface area contributed by atoms with E-state index in [1.54, 1.807) is 6.07 Å². The van der Waals surface area contributed by atoms with E-state index in [2.05, 4.69) is 5.32 Å². The maximum absolute atomic E-state index is 13.5. The van der Waals surface area contributed by atoms with Crippen LogP contribution in [0, 0.1) is 5.82 Å². The van der Waals surface area contributed by atoms with E-state index in [9.17, 15) is 9.18 Å². The Bertz CT molecular complexity index is 444. The smallest absolute Gasteiger partial charge is 0.188 e. The molecule has 0 amide bonds. The molecule has 19 heavy (non-hydrogen) atoms. The van der Waals surface area contributed by atoms with Crippen molar-refractivity contribution < 1.29 is 18.7 Å². The molecule has 0 aliphatic carbocycles. The van der Waals surface area contributed by atoms with Crippen LogP contribution in [0.1, 0.15) is 23.2 Å². The van der Waals surface area contributed by atoms with Crippen LogP contribution in [0.3, 0.4) is 0 Å². The molecule has 0 unspecified atom stereocenters. The molecule has 1 aromatic rings. The second-order valence-corrected chi connectivity index (χ2v) is 4.53. The lowest BCUT2D eigenvalue weighted by atomic mass is 10.1. The van der Waals surface area contributed by atoms with Crippen LogP contribution in [0.5, 0.6) is 5.75 Å². The van der Waals surface area contributed by atoms with Gasteiger partial charge in [-0.1, -0.05) is 0 Å². The minimum atomic E-state index is -0.532. The molecule has 0 spiro atoms. The highest BCUT2D eigenvalue weighted by atomic mass is 19.1. The van der Waals surface area contributed by atoms with Crippen molar-refractivity contribution in [2.45, 2.75) is 18.9 Å². The summed E-state index contributed by atoms with van der Waals surface area (Å²) in [4.78, 5) is 11.9. The van der Waals surface area contributed by atoms with E-state index in [4.69, 9.17) is 9.47 Å². The van der Waals surface area contributed by atoms with Crippen molar-refractivity contribution in [2.24, 2.45) is 0 Å². The molecule has 1 heterocycles. The first-order valence-corrected chi connectivity index (χ1v) is 6.40. The lowest BCUT2D eigenvalue weighted by molar-refractivity contribution is 0.0317. The number of hydrogen-bond donors (Lipinski definition) is 1. The zero-order valence-electron chi connectivity index (χ0n) is 10.9. The number of benzene rings is 1. The molecule has 1 aliphatic heterocycles. The molecule has 1 aromatic carbocycles. The largest absolute Gasteiger partial charge is 0.494 e. The van der Waals surface area contributed by atoms with Gasteiger partial charge in [0, 0.05) is 5.56 Å². The Labute approximate surface area is 111 Å². The van der Waals surface area contributed by atoms with Gasteiger partial charge in [-0.3, -0.25) is 4.79 Å². The summed E-state index contributed by atoms with van der Waals surface area (Å²) < 4.78 is 23.8. The van der Waals surface area contributed by atoms with E-state index in [1.807, 2.05) is 0 Å². The highest BCUT2D eigenvalue weighted by molar-refractivity contribution is 5.97. The summed E-state index contributed by atoms with van der Waals surface area (Å²) in [6.07, 6.45) is 1.93. The van der Waals surface area contributed by atoms with Gasteiger partial charge in [0.1, 0.15) is 6.61 Å². The maximum atomic E-state index is 13.5. The van der Waals surface area contributed by atoms with E-state index in [0.717, 1.165) is 25.9 Å². The van der Waals surface area contributed by atoms with Crippen molar-refractivity contribution >= 4 is 5.78 Å². The van der Waals surface area contributed by atoms with Crippen molar-refractivity contribution in [2.75, 3.05) is 26.8 Å². The van der Waals surface area contributed by atoms with Crippen LogP contribution in [0.2, 0.25) is 0 Å². The molecule has 4 nitrogen and oxygen atoms in total. The molecule has 0 radical (unpaired) electrons.